The van der Waals surface area contributed by atoms with Gasteiger partial charge in [0.1, 0.15) is 0 Å². The first-order valence-corrected chi connectivity index (χ1v) is 12.0. The van der Waals surface area contributed by atoms with Crippen molar-refractivity contribution in [3.8, 4) is 0 Å². The molecule has 174 valence electrons. The third-order valence-corrected chi connectivity index (χ3v) is 6.79. The zero-order valence-corrected chi connectivity index (χ0v) is 19.4. The fraction of sp³-hybridized carbons (Fsp3) is 0.167. The highest BCUT2D eigenvalue weighted by Gasteiger charge is 2.19. The SMILES string of the molecule is CC(C)NC(=O)c1cccc(S(=O)(=O)c2ccc(CNC(=O)c3cnc4nccn4c3)cc2)c1. The summed E-state index contributed by atoms with van der Waals surface area (Å²) in [4.78, 5) is 33.0. The number of hydrogen-bond donors (Lipinski definition) is 2. The Bertz CT molecular complexity index is 1460. The summed E-state index contributed by atoms with van der Waals surface area (Å²) in [6, 6.07) is 12.1. The molecule has 0 saturated carbocycles. The molecule has 2 aromatic carbocycles. The van der Waals surface area contributed by atoms with Gasteiger partial charge in [-0.15, -0.1) is 0 Å². The predicted octanol–water partition coefficient (Wildman–Crippen LogP) is 2.63. The molecule has 0 fully saturated rings. The number of carbonyl (C=O) groups excluding carboxylic acids is 2. The Hall–Kier alpha value is -4.05. The van der Waals surface area contributed by atoms with Crippen LogP contribution < -0.4 is 10.6 Å². The Kier molecular flexibility index (Phi) is 6.42. The van der Waals surface area contributed by atoms with Crippen LogP contribution in [0.25, 0.3) is 5.78 Å². The average molecular weight is 478 g/mol. The zero-order chi connectivity index (χ0) is 24.3. The molecule has 9 nitrogen and oxygen atoms in total. The lowest BCUT2D eigenvalue weighted by atomic mass is 10.2. The molecule has 0 spiro atoms. The number of fused-ring (bicyclic) bond motifs is 1. The number of imidazole rings is 1. The largest absolute Gasteiger partial charge is 0.350 e. The Morgan fingerprint density at radius 1 is 0.971 bits per heavy atom. The molecule has 0 atom stereocenters. The normalized spacial score (nSPS) is 11.5. The minimum absolute atomic E-state index is 0.0346. The van der Waals surface area contributed by atoms with Gasteiger partial charge in [-0.3, -0.25) is 14.0 Å². The van der Waals surface area contributed by atoms with Crippen LogP contribution in [0.2, 0.25) is 0 Å². The summed E-state index contributed by atoms with van der Waals surface area (Å²) in [5.41, 5.74) is 1.39. The van der Waals surface area contributed by atoms with Crippen LogP contribution in [-0.4, -0.2) is 40.6 Å². The van der Waals surface area contributed by atoms with Gasteiger partial charge in [0.15, 0.2) is 0 Å². The van der Waals surface area contributed by atoms with Gasteiger partial charge in [0.05, 0.1) is 15.4 Å². The summed E-state index contributed by atoms with van der Waals surface area (Å²) in [5.74, 6) is -0.142. The van der Waals surface area contributed by atoms with Crippen molar-refractivity contribution in [3.63, 3.8) is 0 Å². The standard InChI is InChI=1S/C24H23N5O4S/c1-16(2)28-23(31)18-4-3-5-21(12-18)34(32,33)20-8-6-17(7-9-20)13-26-22(30)19-14-27-24-25-10-11-29(24)15-19/h3-12,14-16H,13H2,1-2H3,(H,26,30)(H,28,31). The molecule has 4 rings (SSSR count). The van der Waals surface area contributed by atoms with Gasteiger partial charge in [-0.2, -0.15) is 0 Å². The van der Waals surface area contributed by atoms with E-state index >= 15 is 0 Å². The van der Waals surface area contributed by atoms with Crippen molar-refractivity contribution in [3.05, 3.63) is 90.0 Å². The number of rotatable bonds is 7. The smallest absolute Gasteiger partial charge is 0.254 e. The third-order valence-electron chi connectivity index (χ3n) is 5.02. The molecule has 34 heavy (non-hydrogen) atoms. The molecule has 10 heteroatoms. The molecule has 0 aliphatic rings. The summed E-state index contributed by atoms with van der Waals surface area (Å²) in [7, 11) is -3.81. The van der Waals surface area contributed by atoms with Crippen LogP contribution in [0, 0.1) is 0 Å². The number of carbonyl (C=O) groups is 2. The van der Waals surface area contributed by atoms with Crippen LogP contribution in [0.1, 0.15) is 40.1 Å². The number of hydrogen-bond acceptors (Lipinski definition) is 6. The van der Waals surface area contributed by atoms with Crippen LogP contribution in [0.3, 0.4) is 0 Å². The third kappa shape index (κ3) is 4.96. The topological polar surface area (TPSA) is 123 Å². The van der Waals surface area contributed by atoms with E-state index in [1.807, 2.05) is 13.8 Å². The highest BCUT2D eigenvalue weighted by molar-refractivity contribution is 7.91. The Balaban J connectivity index is 1.45. The summed E-state index contributed by atoms with van der Waals surface area (Å²) in [5, 5.41) is 5.54. The van der Waals surface area contributed by atoms with E-state index in [2.05, 4.69) is 20.6 Å². The maximum atomic E-state index is 13.1. The van der Waals surface area contributed by atoms with Crippen molar-refractivity contribution in [2.75, 3.05) is 0 Å². The van der Waals surface area contributed by atoms with Gasteiger partial charge in [-0.05, 0) is 49.7 Å². The first-order chi connectivity index (χ1) is 16.2. The van der Waals surface area contributed by atoms with Crippen LogP contribution in [0.15, 0.2) is 83.1 Å². The van der Waals surface area contributed by atoms with Gasteiger partial charge < -0.3 is 10.6 Å². The molecule has 4 aromatic rings. The van der Waals surface area contributed by atoms with E-state index in [1.54, 1.807) is 47.3 Å². The van der Waals surface area contributed by atoms with Gasteiger partial charge in [0.25, 0.3) is 11.8 Å². The Morgan fingerprint density at radius 3 is 2.47 bits per heavy atom. The lowest BCUT2D eigenvalue weighted by Crippen LogP contribution is -2.30. The van der Waals surface area contributed by atoms with E-state index in [1.165, 1.54) is 30.5 Å². The highest BCUT2D eigenvalue weighted by atomic mass is 32.2. The zero-order valence-electron chi connectivity index (χ0n) is 18.6. The van der Waals surface area contributed by atoms with Crippen molar-refractivity contribution >= 4 is 27.4 Å². The second-order valence-corrected chi connectivity index (χ2v) is 9.91. The maximum absolute atomic E-state index is 13.1. The molecule has 0 radical (unpaired) electrons. The summed E-state index contributed by atoms with van der Waals surface area (Å²) in [6.45, 7) is 3.88. The molecule has 2 heterocycles. The van der Waals surface area contributed by atoms with Gasteiger partial charge in [0, 0.05) is 42.9 Å². The van der Waals surface area contributed by atoms with Crippen molar-refractivity contribution < 1.29 is 18.0 Å². The number of sulfone groups is 1. The number of benzene rings is 2. The number of aromatic nitrogens is 3. The molecule has 2 N–H and O–H groups in total. The van der Waals surface area contributed by atoms with E-state index in [4.69, 9.17) is 0 Å². The van der Waals surface area contributed by atoms with E-state index in [0.29, 0.717) is 11.3 Å². The van der Waals surface area contributed by atoms with Crippen molar-refractivity contribution in [2.24, 2.45) is 0 Å². The summed E-state index contributed by atoms with van der Waals surface area (Å²) in [6.07, 6.45) is 6.37. The molecule has 2 amide bonds. The minimum atomic E-state index is -3.81. The first kappa shape index (κ1) is 23.1. The minimum Gasteiger partial charge on any atom is -0.350 e. The molecule has 2 aromatic heterocycles. The number of nitrogens with zero attached hydrogens (tertiary/aromatic N) is 3. The van der Waals surface area contributed by atoms with Crippen LogP contribution in [-0.2, 0) is 16.4 Å². The van der Waals surface area contributed by atoms with Crippen molar-refractivity contribution in [1.82, 2.24) is 25.0 Å². The molecular weight excluding hydrogens is 454 g/mol. The van der Waals surface area contributed by atoms with E-state index in [-0.39, 0.29) is 39.8 Å². The monoisotopic (exact) mass is 477 g/mol. The van der Waals surface area contributed by atoms with Crippen LogP contribution in [0.5, 0.6) is 0 Å². The lowest BCUT2D eigenvalue weighted by molar-refractivity contribution is 0.0937. The summed E-state index contributed by atoms with van der Waals surface area (Å²) < 4.78 is 27.8. The Morgan fingerprint density at radius 2 is 1.74 bits per heavy atom. The molecule has 0 aliphatic heterocycles. The quantitative estimate of drug-likeness (QED) is 0.422. The fourth-order valence-electron chi connectivity index (χ4n) is 3.29. The van der Waals surface area contributed by atoms with Gasteiger partial charge >= 0.3 is 0 Å². The second kappa shape index (κ2) is 9.44. The lowest BCUT2D eigenvalue weighted by Gasteiger charge is -2.10. The molecule has 0 saturated heterocycles. The number of amides is 2. The molecule has 0 aliphatic carbocycles. The molecule has 0 bridgehead atoms. The summed E-state index contributed by atoms with van der Waals surface area (Å²) >= 11 is 0. The van der Waals surface area contributed by atoms with Crippen LogP contribution in [0.4, 0.5) is 0 Å². The Labute approximate surface area is 196 Å². The highest BCUT2D eigenvalue weighted by Crippen LogP contribution is 2.22. The first-order valence-electron chi connectivity index (χ1n) is 10.6. The molecular formula is C24H23N5O4S. The van der Waals surface area contributed by atoms with E-state index in [0.717, 1.165) is 5.56 Å². The van der Waals surface area contributed by atoms with Gasteiger partial charge in [-0.1, -0.05) is 18.2 Å². The van der Waals surface area contributed by atoms with Crippen molar-refractivity contribution in [2.45, 2.75) is 36.2 Å². The van der Waals surface area contributed by atoms with E-state index < -0.39 is 9.84 Å². The number of nitrogens with one attached hydrogen (secondary N) is 2. The van der Waals surface area contributed by atoms with Gasteiger partial charge in [0.2, 0.25) is 15.6 Å². The van der Waals surface area contributed by atoms with E-state index in [9.17, 15) is 18.0 Å². The van der Waals surface area contributed by atoms with Gasteiger partial charge in [-0.25, -0.2) is 18.4 Å². The maximum Gasteiger partial charge on any atom is 0.254 e. The van der Waals surface area contributed by atoms with Crippen molar-refractivity contribution in [1.29, 1.82) is 0 Å². The fourth-order valence-corrected chi connectivity index (χ4v) is 4.60. The molecule has 0 unspecified atom stereocenters. The second-order valence-electron chi connectivity index (χ2n) is 7.96. The predicted molar refractivity (Wildman–Crippen MR) is 125 cm³/mol. The van der Waals surface area contributed by atoms with Crippen LogP contribution >= 0.6 is 0 Å². The average Bonchev–Trinajstić information content (AvgIpc) is 3.30.